The fraction of sp³-hybridized carbons (Fsp3) is 0.286. The average molecular weight is 304 g/mol. The number of nitro groups is 1. The number of carbonyl (C=O) groups excluding carboxylic acids is 2. The molecule has 2 N–H and O–H groups in total. The molecule has 0 saturated heterocycles. The van der Waals surface area contributed by atoms with E-state index in [0.717, 1.165) is 0 Å². The van der Waals surface area contributed by atoms with Crippen molar-refractivity contribution in [3.05, 3.63) is 51.2 Å². The van der Waals surface area contributed by atoms with E-state index in [4.69, 9.17) is 0 Å². The van der Waals surface area contributed by atoms with E-state index >= 15 is 0 Å². The first kappa shape index (κ1) is 15.5. The quantitative estimate of drug-likeness (QED) is 0.649. The van der Waals surface area contributed by atoms with Gasteiger partial charge in [-0.2, -0.15) is 0 Å². The van der Waals surface area contributed by atoms with Crippen LogP contribution >= 0.6 is 0 Å². The van der Waals surface area contributed by atoms with Crippen LogP contribution in [0.25, 0.3) is 0 Å². The Morgan fingerprint density at radius 3 is 2.55 bits per heavy atom. The summed E-state index contributed by atoms with van der Waals surface area (Å²) < 4.78 is 0. The van der Waals surface area contributed by atoms with Crippen molar-refractivity contribution in [1.29, 1.82) is 0 Å². The van der Waals surface area contributed by atoms with Gasteiger partial charge in [-0.05, 0) is 13.0 Å². The molecule has 1 aromatic rings. The lowest BCUT2D eigenvalue weighted by atomic mass is 9.93. The normalized spacial score (nSPS) is 17.6. The molecule has 2 rings (SSSR count). The van der Waals surface area contributed by atoms with Crippen LogP contribution in [0.4, 0.5) is 10.5 Å². The predicted molar refractivity (Wildman–Crippen MR) is 78.9 cm³/mol. The first-order valence-corrected chi connectivity index (χ1v) is 6.56. The Kier molecular flexibility index (Phi) is 4.11. The second kappa shape index (κ2) is 5.84. The van der Waals surface area contributed by atoms with Crippen LogP contribution in [0.3, 0.4) is 0 Å². The van der Waals surface area contributed by atoms with Crippen molar-refractivity contribution in [3.63, 3.8) is 0 Å². The molecule has 0 aliphatic carbocycles. The third-order valence-electron chi connectivity index (χ3n) is 3.35. The smallest absolute Gasteiger partial charge is 0.319 e. The summed E-state index contributed by atoms with van der Waals surface area (Å²) in [4.78, 5) is 36.1. The third-order valence-corrected chi connectivity index (χ3v) is 3.35. The molecule has 1 aliphatic rings. The fourth-order valence-electron chi connectivity index (χ4n) is 2.35. The molecule has 116 valence electrons. The number of carbonyl (C=O) groups is 2. The first-order valence-electron chi connectivity index (χ1n) is 6.56. The lowest BCUT2D eigenvalue weighted by molar-refractivity contribution is -0.385. The highest BCUT2D eigenvalue weighted by Crippen LogP contribution is 2.33. The molecule has 8 heteroatoms. The number of benzene rings is 1. The highest BCUT2D eigenvalue weighted by atomic mass is 16.6. The fourth-order valence-corrected chi connectivity index (χ4v) is 2.35. The minimum atomic E-state index is -0.870. The van der Waals surface area contributed by atoms with Crippen molar-refractivity contribution in [3.8, 4) is 0 Å². The van der Waals surface area contributed by atoms with Gasteiger partial charge in [0.2, 0.25) is 0 Å². The minimum Gasteiger partial charge on any atom is -0.345 e. The lowest BCUT2D eigenvalue weighted by Gasteiger charge is -2.29. The van der Waals surface area contributed by atoms with Gasteiger partial charge in [0.1, 0.15) is 0 Å². The van der Waals surface area contributed by atoms with Crippen molar-refractivity contribution >= 4 is 17.6 Å². The van der Waals surface area contributed by atoms with E-state index in [-0.39, 0.29) is 22.7 Å². The summed E-state index contributed by atoms with van der Waals surface area (Å²) in [6, 6.07) is 4.67. The Hall–Kier alpha value is -2.90. The highest BCUT2D eigenvalue weighted by Gasteiger charge is 2.35. The largest absolute Gasteiger partial charge is 0.345 e. The zero-order valence-electron chi connectivity index (χ0n) is 12.4. The van der Waals surface area contributed by atoms with Gasteiger partial charge in [-0.15, -0.1) is 0 Å². The van der Waals surface area contributed by atoms with E-state index in [1.54, 1.807) is 27.1 Å². The van der Waals surface area contributed by atoms with Crippen molar-refractivity contribution in [2.24, 2.45) is 0 Å². The van der Waals surface area contributed by atoms with Crippen molar-refractivity contribution in [1.82, 2.24) is 15.5 Å². The number of rotatable bonds is 3. The summed E-state index contributed by atoms with van der Waals surface area (Å²) in [7, 11) is 3.16. The van der Waals surface area contributed by atoms with Crippen LogP contribution < -0.4 is 10.6 Å². The molecule has 0 radical (unpaired) electrons. The number of likely N-dealkylation sites (N-methyl/N-ethyl adjacent to an activating group) is 1. The molecule has 0 aromatic heterocycles. The summed E-state index contributed by atoms with van der Waals surface area (Å²) in [5, 5.41) is 16.3. The van der Waals surface area contributed by atoms with E-state index in [1.165, 1.54) is 23.1 Å². The molecule has 0 unspecified atom stereocenters. The molecule has 0 bridgehead atoms. The summed E-state index contributed by atoms with van der Waals surface area (Å²) >= 11 is 0. The van der Waals surface area contributed by atoms with E-state index in [9.17, 15) is 19.7 Å². The molecule has 22 heavy (non-hydrogen) atoms. The molecule has 1 atom stereocenters. The molecular weight excluding hydrogens is 288 g/mol. The molecular formula is C14H16N4O4. The van der Waals surface area contributed by atoms with E-state index < -0.39 is 17.0 Å². The third kappa shape index (κ3) is 2.76. The van der Waals surface area contributed by atoms with Gasteiger partial charge in [0, 0.05) is 25.9 Å². The minimum absolute atomic E-state index is 0.147. The van der Waals surface area contributed by atoms with Gasteiger partial charge in [0.05, 0.1) is 22.1 Å². The maximum Gasteiger partial charge on any atom is 0.319 e. The zero-order chi connectivity index (χ0) is 16.4. The van der Waals surface area contributed by atoms with Gasteiger partial charge in [0.25, 0.3) is 11.6 Å². The van der Waals surface area contributed by atoms with Crippen LogP contribution in [0.15, 0.2) is 35.5 Å². The molecule has 0 saturated carbocycles. The van der Waals surface area contributed by atoms with Crippen LogP contribution in [0.1, 0.15) is 18.5 Å². The number of nitro benzene ring substituents is 1. The number of nitrogens with zero attached hydrogens (tertiary/aromatic N) is 2. The second-order valence-electron chi connectivity index (χ2n) is 5.09. The van der Waals surface area contributed by atoms with Gasteiger partial charge < -0.3 is 15.5 Å². The van der Waals surface area contributed by atoms with Crippen molar-refractivity contribution < 1.29 is 14.5 Å². The maximum absolute atomic E-state index is 12.4. The molecule has 0 fully saturated rings. The van der Waals surface area contributed by atoms with Crippen LogP contribution in [0.2, 0.25) is 0 Å². The SMILES string of the molecule is CC1=C(C(=O)N(C)C)[C@@H](c2ccccc2[N+](=O)[O-])NC(=O)N1. The number of amides is 3. The summed E-state index contributed by atoms with van der Waals surface area (Å²) in [5.74, 6) is -0.326. The Labute approximate surface area is 126 Å². The van der Waals surface area contributed by atoms with E-state index in [0.29, 0.717) is 5.70 Å². The molecule has 3 amide bonds. The monoisotopic (exact) mass is 304 g/mol. The summed E-state index contributed by atoms with van der Waals surface area (Å²) in [6.07, 6.45) is 0. The van der Waals surface area contributed by atoms with E-state index in [1.807, 2.05) is 0 Å². The molecule has 0 spiro atoms. The summed E-state index contributed by atoms with van der Waals surface area (Å²) in [6.45, 7) is 1.59. The van der Waals surface area contributed by atoms with Gasteiger partial charge in [-0.25, -0.2) is 4.79 Å². The van der Waals surface area contributed by atoms with Crippen LogP contribution in [0.5, 0.6) is 0 Å². The first-order chi connectivity index (χ1) is 10.3. The number of para-hydroxylation sites is 1. The molecule has 1 aliphatic heterocycles. The molecule has 1 heterocycles. The Morgan fingerprint density at radius 2 is 1.95 bits per heavy atom. The molecule has 8 nitrogen and oxygen atoms in total. The Balaban J connectivity index is 2.61. The average Bonchev–Trinajstić information content (AvgIpc) is 2.45. The van der Waals surface area contributed by atoms with Crippen molar-refractivity contribution in [2.45, 2.75) is 13.0 Å². The standard InChI is InChI=1S/C14H16N4O4/c1-8-11(13(19)17(2)3)12(16-14(20)15-8)9-6-4-5-7-10(9)18(21)22/h4-7,12H,1-3H3,(H2,15,16,20)/t12-/m1/s1. The van der Waals surface area contributed by atoms with Gasteiger partial charge >= 0.3 is 6.03 Å². The highest BCUT2D eigenvalue weighted by molar-refractivity contribution is 5.98. The second-order valence-corrected chi connectivity index (χ2v) is 5.09. The van der Waals surface area contributed by atoms with Gasteiger partial charge in [0.15, 0.2) is 0 Å². The Bertz CT molecular complexity index is 681. The molecule has 1 aromatic carbocycles. The van der Waals surface area contributed by atoms with Gasteiger partial charge in [-0.3, -0.25) is 14.9 Å². The number of hydrogen-bond donors (Lipinski definition) is 2. The van der Waals surface area contributed by atoms with Crippen molar-refractivity contribution in [2.75, 3.05) is 14.1 Å². The zero-order valence-corrected chi connectivity index (χ0v) is 12.4. The van der Waals surface area contributed by atoms with Crippen LogP contribution in [0, 0.1) is 10.1 Å². The number of nitrogens with one attached hydrogen (secondary N) is 2. The maximum atomic E-state index is 12.4. The lowest BCUT2D eigenvalue weighted by Crippen LogP contribution is -2.46. The number of urea groups is 1. The van der Waals surface area contributed by atoms with Crippen LogP contribution in [-0.2, 0) is 4.79 Å². The van der Waals surface area contributed by atoms with E-state index in [2.05, 4.69) is 10.6 Å². The number of hydrogen-bond acceptors (Lipinski definition) is 4. The van der Waals surface area contributed by atoms with Crippen LogP contribution in [-0.4, -0.2) is 35.9 Å². The predicted octanol–water partition coefficient (Wildman–Crippen LogP) is 1.31. The Morgan fingerprint density at radius 1 is 1.32 bits per heavy atom. The topological polar surface area (TPSA) is 105 Å². The van der Waals surface area contributed by atoms with Gasteiger partial charge in [-0.1, -0.05) is 12.1 Å². The summed E-state index contributed by atoms with van der Waals surface area (Å²) in [5.41, 5.74) is 0.781. The number of allylic oxidation sites excluding steroid dienone is 1.